The Morgan fingerprint density at radius 1 is 1.00 bits per heavy atom. The lowest BCUT2D eigenvalue weighted by molar-refractivity contribution is 0.469. The van der Waals surface area contributed by atoms with Gasteiger partial charge in [0.15, 0.2) is 0 Å². The Labute approximate surface area is 122 Å². The molecule has 2 unspecified atom stereocenters. The van der Waals surface area contributed by atoms with Crippen molar-refractivity contribution in [1.82, 2.24) is 5.32 Å². The van der Waals surface area contributed by atoms with Crippen molar-refractivity contribution in [1.29, 1.82) is 0 Å². The van der Waals surface area contributed by atoms with Crippen LogP contribution in [0.3, 0.4) is 0 Å². The topological polar surface area (TPSA) is 12.0 Å². The van der Waals surface area contributed by atoms with E-state index in [1.54, 1.807) is 0 Å². The fourth-order valence-electron chi connectivity index (χ4n) is 3.08. The van der Waals surface area contributed by atoms with Crippen LogP contribution in [-0.2, 0) is 6.42 Å². The minimum absolute atomic E-state index is 0.416. The summed E-state index contributed by atoms with van der Waals surface area (Å²) in [5.41, 5.74) is 7.16. The van der Waals surface area contributed by atoms with Gasteiger partial charge in [-0.2, -0.15) is 0 Å². The van der Waals surface area contributed by atoms with Crippen molar-refractivity contribution in [2.45, 2.75) is 45.7 Å². The summed E-state index contributed by atoms with van der Waals surface area (Å²) in [5, 5.41) is 3.66. The number of rotatable bonds is 4. The van der Waals surface area contributed by atoms with E-state index in [-0.39, 0.29) is 0 Å². The molecule has 2 aromatic carbocycles. The van der Waals surface area contributed by atoms with Crippen molar-refractivity contribution < 1.29 is 0 Å². The van der Waals surface area contributed by atoms with Crippen molar-refractivity contribution in [2.24, 2.45) is 0 Å². The van der Waals surface area contributed by atoms with Gasteiger partial charge in [0.25, 0.3) is 0 Å². The molecule has 0 bridgehead atoms. The molecule has 0 saturated carbocycles. The van der Waals surface area contributed by atoms with Gasteiger partial charge in [-0.25, -0.2) is 0 Å². The average Bonchev–Trinajstić information content (AvgIpc) is 2.84. The van der Waals surface area contributed by atoms with Crippen LogP contribution in [0.5, 0.6) is 0 Å². The molecule has 0 aliphatic heterocycles. The van der Waals surface area contributed by atoms with Gasteiger partial charge in [-0.3, -0.25) is 0 Å². The standard InChI is InChI=1S/C19H23N/c1-4-13(2)20-14(3)15-9-10-19-17(11-15)12-16-7-5-6-8-18(16)19/h5-11,13-14,20H,4,12H2,1-3H3. The van der Waals surface area contributed by atoms with E-state index in [1.165, 1.54) is 34.2 Å². The lowest BCUT2D eigenvalue weighted by Crippen LogP contribution is -2.28. The molecule has 3 rings (SSSR count). The summed E-state index contributed by atoms with van der Waals surface area (Å²) in [6, 6.07) is 16.7. The first-order chi connectivity index (χ1) is 9.69. The fraction of sp³-hybridized carbons (Fsp3) is 0.368. The fourth-order valence-corrected chi connectivity index (χ4v) is 3.08. The monoisotopic (exact) mass is 265 g/mol. The Balaban J connectivity index is 1.87. The van der Waals surface area contributed by atoms with E-state index in [2.05, 4.69) is 68.6 Å². The van der Waals surface area contributed by atoms with E-state index in [1.807, 2.05) is 0 Å². The molecule has 20 heavy (non-hydrogen) atoms. The first-order valence-electron chi connectivity index (χ1n) is 7.66. The Morgan fingerprint density at radius 3 is 2.55 bits per heavy atom. The molecule has 1 N–H and O–H groups in total. The predicted octanol–water partition coefficient (Wildman–Crippen LogP) is 4.71. The molecule has 0 heterocycles. The molecule has 0 saturated heterocycles. The van der Waals surface area contributed by atoms with Crippen LogP contribution in [0.2, 0.25) is 0 Å². The lowest BCUT2D eigenvalue weighted by Gasteiger charge is -2.20. The van der Waals surface area contributed by atoms with Crippen LogP contribution in [-0.4, -0.2) is 6.04 Å². The van der Waals surface area contributed by atoms with E-state index in [9.17, 15) is 0 Å². The van der Waals surface area contributed by atoms with Gasteiger partial charge in [-0.15, -0.1) is 0 Å². The predicted molar refractivity (Wildman–Crippen MR) is 86.0 cm³/mol. The van der Waals surface area contributed by atoms with Gasteiger partial charge in [0.2, 0.25) is 0 Å². The average molecular weight is 265 g/mol. The van der Waals surface area contributed by atoms with Gasteiger partial charge in [0, 0.05) is 12.1 Å². The summed E-state index contributed by atoms with van der Waals surface area (Å²) in [5.74, 6) is 0. The highest BCUT2D eigenvalue weighted by Crippen LogP contribution is 2.37. The molecular weight excluding hydrogens is 242 g/mol. The van der Waals surface area contributed by atoms with Crippen molar-refractivity contribution in [3.05, 3.63) is 59.2 Å². The molecular formula is C19H23N. The highest BCUT2D eigenvalue weighted by molar-refractivity contribution is 5.76. The molecule has 0 radical (unpaired) electrons. The van der Waals surface area contributed by atoms with Gasteiger partial charge in [-0.1, -0.05) is 49.4 Å². The molecule has 0 spiro atoms. The molecule has 1 nitrogen and oxygen atoms in total. The summed E-state index contributed by atoms with van der Waals surface area (Å²) in [7, 11) is 0. The second-order valence-electron chi connectivity index (χ2n) is 5.95. The van der Waals surface area contributed by atoms with Crippen LogP contribution >= 0.6 is 0 Å². The number of benzene rings is 2. The van der Waals surface area contributed by atoms with Gasteiger partial charge in [-0.05, 0) is 54.5 Å². The summed E-state index contributed by atoms with van der Waals surface area (Å²) >= 11 is 0. The lowest BCUT2D eigenvalue weighted by atomic mass is 10.00. The van der Waals surface area contributed by atoms with Crippen LogP contribution < -0.4 is 5.32 Å². The second kappa shape index (κ2) is 5.41. The van der Waals surface area contributed by atoms with Gasteiger partial charge < -0.3 is 5.32 Å². The number of fused-ring (bicyclic) bond motifs is 3. The zero-order valence-electron chi connectivity index (χ0n) is 12.6. The Hall–Kier alpha value is -1.60. The largest absolute Gasteiger partial charge is 0.308 e. The number of hydrogen-bond acceptors (Lipinski definition) is 1. The smallest absolute Gasteiger partial charge is 0.0294 e. The molecule has 0 amide bonds. The molecule has 1 aliphatic carbocycles. The third-order valence-corrected chi connectivity index (χ3v) is 4.46. The molecule has 0 fully saturated rings. The van der Waals surface area contributed by atoms with E-state index in [0.29, 0.717) is 12.1 Å². The van der Waals surface area contributed by atoms with Crippen molar-refractivity contribution in [3.8, 4) is 11.1 Å². The van der Waals surface area contributed by atoms with E-state index in [0.717, 1.165) is 6.42 Å². The van der Waals surface area contributed by atoms with Crippen molar-refractivity contribution >= 4 is 0 Å². The maximum absolute atomic E-state index is 3.66. The highest BCUT2D eigenvalue weighted by Gasteiger charge is 2.19. The summed E-state index contributed by atoms with van der Waals surface area (Å²) in [6.07, 6.45) is 2.25. The normalized spacial score (nSPS) is 15.6. The highest BCUT2D eigenvalue weighted by atomic mass is 14.9. The minimum atomic E-state index is 0.416. The summed E-state index contributed by atoms with van der Waals surface area (Å²) < 4.78 is 0. The second-order valence-corrected chi connectivity index (χ2v) is 5.95. The van der Waals surface area contributed by atoms with Gasteiger partial charge >= 0.3 is 0 Å². The first kappa shape index (κ1) is 13.4. The summed E-state index contributed by atoms with van der Waals surface area (Å²) in [6.45, 7) is 6.74. The van der Waals surface area contributed by atoms with Crippen LogP contribution in [0.25, 0.3) is 11.1 Å². The molecule has 1 heteroatoms. The van der Waals surface area contributed by atoms with Crippen LogP contribution in [0.1, 0.15) is 49.9 Å². The first-order valence-corrected chi connectivity index (χ1v) is 7.66. The zero-order chi connectivity index (χ0) is 14.1. The van der Waals surface area contributed by atoms with Crippen LogP contribution in [0.4, 0.5) is 0 Å². The molecule has 104 valence electrons. The van der Waals surface area contributed by atoms with E-state index >= 15 is 0 Å². The maximum Gasteiger partial charge on any atom is 0.0294 e. The van der Waals surface area contributed by atoms with Gasteiger partial charge in [0.05, 0.1) is 0 Å². The van der Waals surface area contributed by atoms with Gasteiger partial charge in [0.1, 0.15) is 0 Å². The molecule has 0 aromatic heterocycles. The van der Waals surface area contributed by atoms with Crippen LogP contribution in [0, 0.1) is 0 Å². The molecule has 2 atom stereocenters. The number of nitrogens with one attached hydrogen (secondary N) is 1. The minimum Gasteiger partial charge on any atom is -0.308 e. The van der Waals surface area contributed by atoms with Crippen molar-refractivity contribution in [3.63, 3.8) is 0 Å². The van der Waals surface area contributed by atoms with E-state index < -0.39 is 0 Å². The number of hydrogen-bond donors (Lipinski definition) is 1. The quantitative estimate of drug-likeness (QED) is 0.720. The third kappa shape index (κ3) is 2.38. The van der Waals surface area contributed by atoms with E-state index in [4.69, 9.17) is 0 Å². The summed E-state index contributed by atoms with van der Waals surface area (Å²) in [4.78, 5) is 0. The SMILES string of the molecule is CCC(C)NC(C)c1ccc2c(c1)Cc1ccccc1-2. The molecule has 1 aliphatic rings. The zero-order valence-corrected chi connectivity index (χ0v) is 12.6. The Morgan fingerprint density at radius 2 is 1.75 bits per heavy atom. The van der Waals surface area contributed by atoms with Crippen molar-refractivity contribution in [2.75, 3.05) is 0 Å². The third-order valence-electron chi connectivity index (χ3n) is 4.46. The Bertz CT molecular complexity index is 615. The maximum atomic E-state index is 3.66. The molecule has 2 aromatic rings. The van der Waals surface area contributed by atoms with Crippen LogP contribution in [0.15, 0.2) is 42.5 Å². The Kier molecular flexibility index (Phi) is 3.62.